The Balaban J connectivity index is 2.84. The van der Waals surface area contributed by atoms with Crippen molar-refractivity contribution in [2.24, 2.45) is 5.73 Å². The second-order valence-corrected chi connectivity index (χ2v) is 4.96. The van der Waals surface area contributed by atoms with Crippen LogP contribution in [-0.4, -0.2) is 21.8 Å². The molecule has 3 heteroatoms. The van der Waals surface area contributed by atoms with Crippen LogP contribution in [0.1, 0.15) is 12.5 Å². The molecular weight excluding hydrogens is 178 g/mol. The topological polar surface area (TPSA) is 35.2 Å². The minimum absolute atomic E-state index is 0.642. The van der Waals surface area contributed by atoms with Crippen LogP contribution in [0.5, 0.6) is 0 Å². The summed E-state index contributed by atoms with van der Waals surface area (Å²) in [7, 11) is -0.965. The van der Waals surface area contributed by atoms with Gasteiger partial charge in [0.1, 0.15) is 0 Å². The lowest BCUT2D eigenvalue weighted by molar-refractivity contribution is 0.350. The van der Waals surface area contributed by atoms with E-state index >= 15 is 0 Å². The maximum Gasteiger partial charge on any atom is 0.261 e. The summed E-state index contributed by atoms with van der Waals surface area (Å²) < 4.78 is 5.63. The van der Waals surface area contributed by atoms with Gasteiger partial charge in [-0.25, -0.2) is 0 Å². The first-order valence-corrected chi connectivity index (χ1v) is 6.15. The predicted molar refractivity (Wildman–Crippen MR) is 57.2 cm³/mol. The third kappa shape index (κ3) is 2.65. The minimum atomic E-state index is -0.965. The molecule has 0 bridgehead atoms. The highest BCUT2D eigenvalue weighted by molar-refractivity contribution is 6.68. The maximum atomic E-state index is 5.68. The third-order valence-corrected chi connectivity index (χ3v) is 4.12. The highest BCUT2D eigenvalue weighted by atomic mass is 28.3. The quantitative estimate of drug-likeness (QED) is 0.717. The third-order valence-electron chi connectivity index (χ3n) is 1.95. The van der Waals surface area contributed by atoms with Crippen LogP contribution in [0.25, 0.3) is 0 Å². The Labute approximate surface area is 81.4 Å². The molecule has 0 spiro atoms. The van der Waals surface area contributed by atoms with E-state index in [0.717, 1.165) is 6.61 Å². The van der Waals surface area contributed by atoms with Crippen LogP contribution in [0.3, 0.4) is 0 Å². The van der Waals surface area contributed by atoms with E-state index < -0.39 is 9.04 Å². The van der Waals surface area contributed by atoms with Gasteiger partial charge in [0.2, 0.25) is 0 Å². The van der Waals surface area contributed by atoms with Gasteiger partial charge in [0.05, 0.1) is 0 Å². The molecule has 1 rings (SSSR count). The predicted octanol–water partition coefficient (Wildman–Crippen LogP) is 0.728. The second kappa shape index (κ2) is 5.17. The van der Waals surface area contributed by atoms with E-state index in [9.17, 15) is 0 Å². The summed E-state index contributed by atoms with van der Waals surface area (Å²) in [6.45, 7) is 4.87. The first kappa shape index (κ1) is 10.4. The molecule has 1 aromatic carbocycles. The molecule has 1 radical (unpaired) electrons. The smallest absolute Gasteiger partial charge is 0.261 e. The number of hydrogen-bond acceptors (Lipinski definition) is 2. The van der Waals surface area contributed by atoms with Gasteiger partial charge in [-0.1, -0.05) is 24.3 Å². The number of nitrogens with two attached hydrogens (primary N) is 1. The molecule has 0 aliphatic carbocycles. The fraction of sp³-hybridized carbons (Fsp3) is 0.400. The highest BCUT2D eigenvalue weighted by Gasteiger charge is 2.14. The lowest BCUT2D eigenvalue weighted by Gasteiger charge is -2.14. The Kier molecular flexibility index (Phi) is 4.15. The van der Waals surface area contributed by atoms with Crippen molar-refractivity contribution in [2.75, 3.05) is 12.8 Å². The summed E-state index contributed by atoms with van der Waals surface area (Å²) in [6.07, 6.45) is 0.642. The van der Waals surface area contributed by atoms with Crippen LogP contribution in [0, 0.1) is 6.92 Å². The van der Waals surface area contributed by atoms with Crippen LogP contribution in [0.2, 0.25) is 0 Å². The van der Waals surface area contributed by atoms with Crippen molar-refractivity contribution in [1.82, 2.24) is 0 Å². The van der Waals surface area contributed by atoms with Crippen molar-refractivity contribution in [2.45, 2.75) is 13.8 Å². The van der Waals surface area contributed by atoms with Crippen molar-refractivity contribution in [3.8, 4) is 0 Å². The molecule has 0 fully saturated rings. The Morgan fingerprint density at radius 3 is 2.62 bits per heavy atom. The molecule has 0 saturated carbocycles. The SMILES string of the molecule is CCO[Si](CN)c1ccccc1C. The fourth-order valence-corrected chi connectivity index (χ4v) is 2.95. The number of benzene rings is 1. The van der Waals surface area contributed by atoms with E-state index in [0.29, 0.717) is 6.17 Å². The average molecular weight is 194 g/mol. The van der Waals surface area contributed by atoms with Gasteiger partial charge in [0.15, 0.2) is 0 Å². The molecule has 13 heavy (non-hydrogen) atoms. The summed E-state index contributed by atoms with van der Waals surface area (Å²) in [5.74, 6) is 0. The number of rotatable bonds is 4. The van der Waals surface area contributed by atoms with Gasteiger partial charge in [-0.05, 0) is 24.6 Å². The summed E-state index contributed by atoms with van der Waals surface area (Å²) in [4.78, 5) is 0. The molecule has 1 aromatic rings. The van der Waals surface area contributed by atoms with Crippen molar-refractivity contribution in [1.29, 1.82) is 0 Å². The first-order valence-electron chi connectivity index (χ1n) is 4.54. The van der Waals surface area contributed by atoms with Crippen LogP contribution in [0.15, 0.2) is 24.3 Å². The second-order valence-electron chi connectivity index (χ2n) is 2.88. The van der Waals surface area contributed by atoms with Crippen LogP contribution in [0.4, 0.5) is 0 Å². The van der Waals surface area contributed by atoms with Crippen LogP contribution >= 0.6 is 0 Å². The average Bonchev–Trinajstić information content (AvgIpc) is 2.16. The molecule has 2 nitrogen and oxygen atoms in total. The van der Waals surface area contributed by atoms with Gasteiger partial charge < -0.3 is 10.2 Å². The molecule has 0 heterocycles. The monoisotopic (exact) mass is 194 g/mol. The molecule has 0 atom stereocenters. The van der Waals surface area contributed by atoms with E-state index in [1.54, 1.807) is 0 Å². The Bertz CT molecular complexity index is 265. The molecule has 0 amide bonds. The zero-order valence-electron chi connectivity index (χ0n) is 8.21. The van der Waals surface area contributed by atoms with Gasteiger partial charge in [0.25, 0.3) is 9.04 Å². The molecule has 0 aromatic heterocycles. The molecule has 2 N–H and O–H groups in total. The summed E-state index contributed by atoms with van der Waals surface area (Å²) in [5.41, 5.74) is 6.97. The molecule has 0 saturated heterocycles. The lowest BCUT2D eigenvalue weighted by Crippen LogP contribution is -2.42. The van der Waals surface area contributed by atoms with Crippen molar-refractivity contribution in [3.05, 3.63) is 29.8 Å². The van der Waals surface area contributed by atoms with E-state index in [2.05, 4.69) is 19.1 Å². The van der Waals surface area contributed by atoms with Gasteiger partial charge in [-0.2, -0.15) is 0 Å². The lowest BCUT2D eigenvalue weighted by atomic mass is 10.2. The van der Waals surface area contributed by atoms with Crippen molar-refractivity contribution < 1.29 is 4.43 Å². The Morgan fingerprint density at radius 2 is 2.08 bits per heavy atom. The summed E-state index contributed by atoms with van der Waals surface area (Å²) in [5, 5.41) is 1.30. The molecule has 0 aliphatic rings. The number of aryl methyl sites for hydroxylation is 1. The largest absolute Gasteiger partial charge is 0.411 e. The molecular formula is C10H16NOSi. The Hall–Kier alpha value is -0.643. The van der Waals surface area contributed by atoms with Crippen LogP contribution < -0.4 is 10.9 Å². The van der Waals surface area contributed by atoms with E-state index in [1.165, 1.54) is 10.8 Å². The summed E-state index contributed by atoms with van der Waals surface area (Å²) >= 11 is 0. The van der Waals surface area contributed by atoms with Gasteiger partial charge >= 0.3 is 0 Å². The molecule has 0 unspecified atom stereocenters. The van der Waals surface area contributed by atoms with E-state index in [4.69, 9.17) is 10.2 Å². The zero-order chi connectivity index (χ0) is 9.68. The Morgan fingerprint density at radius 1 is 1.38 bits per heavy atom. The molecule has 71 valence electrons. The summed E-state index contributed by atoms with van der Waals surface area (Å²) in [6, 6.07) is 8.31. The van der Waals surface area contributed by atoms with E-state index in [1.807, 2.05) is 19.1 Å². The van der Waals surface area contributed by atoms with E-state index in [-0.39, 0.29) is 0 Å². The molecule has 0 aliphatic heterocycles. The van der Waals surface area contributed by atoms with Gasteiger partial charge in [0, 0.05) is 12.8 Å². The minimum Gasteiger partial charge on any atom is -0.411 e. The fourth-order valence-electron chi connectivity index (χ4n) is 1.31. The number of hydrogen-bond donors (Lipinski definition) is 1. The zero-order valence-corrected chi connectivity index (χ0v) is 9.21. The van der Waals surface area contributed by atoms with Crippen LogP contribution in [-0.2, 0) is 4.43 Å². The normalized spacial score (nSPS) is 10.8. The standard InChI is InChI=1S/C10H16NOSi/c1-3-12-13(8-11)10-7-5-4-6-9(10)2/h4-7H,3,8,11H2,1-2H3. The van der Waals surface area contributed by atoms with Gasteiger partial charge in [-0.3, -0.25) is 0 Å². The highest BCUT2D eigenvalue weighted by Crippen LogP contribution is 1.96. The van der Waals surface area contributed by atoms with Crippen molar-refractivity contribution in [3.63, 3.8) is 0 Å². The van der Waals surface area contributed by atoms with Crippen molar-refractivity contribution >= 4 is 14.2 Å². The first-order chi connectivity index (χ1) is 6.29. The maximum absolute atomic E-state index is 5.68. The van der Waals surface area contributed by atoms with Gasteiger partial charge in [-0.15, -0.1) is 0 Å².